The molecule has 1 nitrogen and oxygen atoms in total. The molecule has 0 saturated heterocycles. The van der Waals surface area contributed by atoms with Crippen LogP contribution in [0.1, 0.15) is 12.5 Å². The molecule has 76 valence electrons. The first-order chi connectivity index (χ1) is 6.63. The maximum atomic E-state index is 12.9. The van der Waals surface area contributed by atoms with Gasteiger partial charge in [0.2, 0.25) is 0 Å². The standard InChI is InChI=1S/C11H13BrFN/c1-3-8(2)14-7-9-6-10(13)4-5-11(9)12/h3-6,8,14H,1,7H2,2H3. The highest BCUT2D eigenvalue weighted by molar-refractivity contribution is 9.10. The Morgan fingerprint density at radius 1 is 1.64 bits per heavy atom. The molecule has 0 fully saturated rings. The predicted molar refractivity (Wildman–Crippen MR) is 60.6 cm³/mol. The Morgan fingerprint density at radius 3 is 3.00 bits per heavy atom. The molecule has 1 rings (SSSR count). The Kier molecular flexibility index (Phi) is 4.29. The molecule has 1 atom stereocenters. The van der Waals surface area contributed by atoms with E-state index in [0.29, 0.717) is 6.54 Å². The summed E-state index contributed by atoms with van der Waals surface area (Å²) in [5.74, 6) is -0.212. The smallest absolute Gasteiger partial charge is 0.123 e. The Labute approximate surface area is 92.1 Å². The van der Waals surface area contributed by atoms with E-state index < -0.39 is 0 Å². The molecule has 14 heavy (non-hydrogen) atoms. The van der Waals surface area contributed by atoms with Crippen LogP contribution in [0.2, 0.25) is 0 Å². The summed E-state index contributed by atoms with van der Waals surface area (Å²) in [6.07, 6.45) is 1.81. The molecule has 0 aliphatic rings. The van der Waals surface area contributed by atoms with E-state index in [0.717, 1.165) is 10.0 Å². The zero-order valence-electron chi connectivity index (χ0n) is 8.06. The fourth-order valence-electron chi connectivity index (χ4n) is 1.03. The van der Waals surface area contributed by atoms with Gasteiger partial charge < -0.3 is 5.32 Å². The van der Waals surface area contributed by atoms with E-state index in [2.05, 4.69) is 27.8 Å². The summed E-state index contributed by atoms with van der Waals surface area (Å²) in [5.41, 5.74) is 0.915. The topological polar surface area (TPSA) is 12.0 Å². The molecule has 0 saturated carbocycles. The predicted octanol–water partition coefficient (Wildman–Crippen LogP) is 3.25. The van der Waals surface area contributed by atoms with Gasteiger partial charge in [0, 0.05) is 17.1 Å². The minimum Gasteiger partial charge on any atom is -0.307 e. The highest BCUT2D eigenvalue weighted by atomic mass is 79.9. The second kappa shape index (κ2) is 5.27. The summed E-state index contributed by atoms with van der Waals surface area (Å²) in [5, 5.41) is 3.20. The van der Waals surface area contributed by atoms with Gasteiger partial charge in [-0.3, -0.25) is 0 Å². The molecule has 1 N–H and O–H groups in total. The summed E-state index contributed by atoms with van der Waals surface area (Å²) in [6, 6.07) is 4.90. The van der Waals surface area contributed by atoms with Gasteiger partial charge >= 0.3 is 0 Å². The third-order valence-corrected chi connectivity index (χ3v) is 2.75. The van der Waals surface area contributed by atoms with Crippen LogP contribution in [-0.2, 0) is 6.54 Å². The van der Waals surface area contributed by atoms with Crippen molar-refractivity contribution >= 4 is 15.9 Å². The first-order valence-electron chi connectivity index (χ1n) is 4.43. The van der Waals surface area contributed by atoms with Gasteiger partial charge in [-0.05, 0) is 30.7 Å². The molecule has 0 spiro atoms. The van der Waals surface area contributed by atoms with Gasteiger partial charge in [-0.25, -0.2) is 4.39 Å². The Balaban J connectivity index is 2.66. The van der Waals surface area contributed by atoms with Gasteiger partial charge in [0.05, 0.1) is 0 Å². The average molecular weight is 258 g/mol. The summed E-state index contributed by atoms with van der Waals surface area (Å²) in [4.78, 5) is 0. The Bertz CT molecular complexity index is 325. The number of rotatable bonds is 4. The molecule has 0 aliphatic heterocycles. The molecule has 0 aromatic heterocycles. The summed E-state index contributed by atoms with van der Waals surface area (Å²) in [6.45, 7) is 6.30. The number of hydrogen-bond donors (Lipinski definition) is 1. The zero-order valence-corrected chi connectivity index (χ0v) is 9.64. The second-order valence-corrected chi connectivity index (χ2v) is 4.00. The molecule has 0 amide bonds. The Morgan fingerprint density at radius 2 is 2.36 bits per heavy atom. The van der Waals surface area contributed by atoms with E-state index >= 15 is 0 Å². The van der Waals surface area contributed by atoms with Crippen molar-refractivity contribution in [3.8, 4) is 0 Å². The van der Waals surface area contributed by atoms with Crippen LogP contribution in [0.15, 0.2) is 35.3 Å². The van der Waals surface area contributed by atoms with Gasteiger partial charge in [-0.2, -0.15) is 0 Å². The van der Waals surface area contributed by atoms with Crippen molar-refractivity contribution in [3.05, 3.63) is 46.7 Å². The quantitative estimate of drug-likeness (QED) is 0.817. The third kappa shape index (κ3) is 3.24. The van der Waals surface area contributed by atoms with Gasteiger partial charge in [0.25, 0.3) is 0 Å². The van der Waals surface area contributed by atoms with Crippen LogP contribution in [0.25, 0.3) is 0 Å². The zero-order chi connectivity index (χ0) is 10.6. The number of nitrogens with one attached hydrogen (secondary N) is 1. The summed E-state index contributed by atoms with van der Waals surface area (Å²) >= 11 is 3.37. The lowest BCUT2D eigenvalue weighted by Gasteiger charge is -2.10. The first-order valence-corrected chi connectivity index (χ1v) is 5.22. The van der Waals surface area contributed by atoms with E-state index in [9.17, 15) is 4.39 Å². The maximum absolute atomic E-state index is 12.9. The first kappa shape index (κ1) is 11.4. The SMILES string of the molecule is C=CC(C)NCc1cc(F)ccc1Br. The lowest BCUT2D eigenvalue weighted by Crippen LogP contribution is -2.23. The minimum absolute atomic E-state index is 0.212. The monoisotopic (exact) mass is 257 g/mol. The highest BCUT2D eigenvalue weighted by Gasteiger charge is 2.02. The molecular formula is C11H13BrFN. The molecule has 3 heteroatoms. The highest BCUT2D eigenvalue weighted by Crippen LogP contribution is 2.17. The molecule has 0 heterocycles. The number of hydrogen-bond acceptors (Lipinski definition) is 1. The Hall–Kier alpha value is -0.670. The normalized spacial score (nSPS) is 12.5. The molecular weight excluding hydrogens is 245 g/mol. The van der Waals surface area contributed by atoms with Crippen LogP contribution in [0.3, 0.4) is 0 Å². The van der Waals surface area contributed by atoms with Gasteiger partial charge in [0.15, 0.2) is 0 Å². The number of halogens is 2. The molecule has 1 aromatic carbocycles. The van der Waals surface area contributed by atoms with Crippen molar-refractivity contribution in [2.45, 2.75) is 19.5 Å². The lowest BCUT2D eigenvalue weighted by molar-refractivity contribution is 0.608. The summed E-state index contributed by atoms with van der Waals surface area (Å²) < 4.78 is 13.8. The van der Waals surface area contributed by atoms with Crippen molar-refractivity contribution in [1.29, 1.82) is 0 Å². The van der Waals surface area contributed by atoms with Gasteiger partial charge in [0.1, 0.15) is 5.82 Å². The molecule has 0 aliphatic carbocycles. The number of benzene rings is 1. The minimum atomic E-state index is -0.212. The van der Waals surface area contributed by atoms with Crippen molar-refractivity contribution < 1.29 is 4.39 Å². The largest absolute Gasteiger partial charge is 0.307 e. The van der Waals surface area contributed by atoms with Gasteiger partial charge in [-0.15, -0.1) is 6.58 Å². The van der Waals surface area contributed by atoms with Crippen molar-refractivity contribution in [3.63, 3.8) is 0 Å². The molecule has 1 unspecified atom stereocenters. The average Bonchev–Trinajstić information content (AvgIpc) is 2.19. The second-order valence-electron chi connectivity index (χ2n) is 3.14. The van der Waals surface area contributed by atoms with Crippen LogP contribution in [0.4, 0.5) is 4.39 Å². The fraction of sp³-hybridized carbons (Fsp3) is 0.273. The lowest BCUT2D eigenvalue weighted by atomic mass is 10.2. The van der Waals surface area contributed by atoms with E-state index in [1.807, 2.05) is 13.0 Å². The van der Waals surface area contributed by atoms with E-state index in [-0.39, 0.29) is 11.9 Å². The van der Waals surface area contributed by atoms with E-state index in [1.54, 1.807) is 6.07 Å². The van der Waals surface area contributed by atoms with Crippen LogP contribution in [0, 0.1) is 5.82 Å². The van der Waals surface area contributed by atoms with Crippen LogP contribution in [-0.4, -0.2) is 6.04 Å². The molecule has 0 radical (unpaired) electrons. The van der Waals surface area contributed by atoms with Crippen LogP contribution in [0.5, 0.6) is 0 Å². The van der Waals surface area contributed by atoms with Crippen LogP contribution < -0.4 is 5.32 Å². The van der Waals surface area contributed by atoms with E-state index in [4.69, 9.17) is 0 Å². The van der Waals surface area contributed by atoms with Crippen LogP contribution >= 0.6 is 15.9 Å². The molecule has 0 bridgehead atoms. The van der Waals surface area contributed by atoms with Crippen molar-refractivity contribution in [1.82, 2.24) is 5.32 Å². The maximum Gasteiger partial charge on any atom is 0.123 e. The van der Waals surface area contributed by atoms with Crippen molar-refractivity contribution in [2.75, 3.05) is 0 Å². The molecule has 1 aromatic rings. The fourth-order valence-corrected chi connectivity index (χ4v) is 1.42. The van der Waals surface area contributed by atoms with Crippen molar-refractivity contribution in [2.24, 2.45) is 0 Å². The third-order valence-electron chi connectivity index (χ3n) is 1.98. The van der Waals surface area contributed by atoms with E-state index in [1.165, 1.54) is 12.1 Å². The van der Waals surface area contributed by atoms with Gasteiger partial charge in [-0.1, -0.05) is 22.0 Å². The summed E-state index contributed by atoms with van der Waals surface area (Å²) in [7, 11) is 0.